The molecule has 0 aliphatic heterocycles. The van der Waals surface area contributed by atoms with E-state index in [1.165, 1.54) is 0 Å². The number of hydrogen-bond acceptors (Lipinski definition) is 2. The summed E-state index contributed by atoms with van der Waals surface area (Å²) in [7, 11) is 0. The van der Waals surface area contributed by atoms with E-state index >= 15 is 0 Å². The number of hydrogen-bond donors (Lipinski definition) is 2. The van der Waals surface area contributed by atoms with Crippen LogP contribution in [0.3, 0.4) is 0 Å². The van der Waals surface area contributed by atoms with Crippen LogP contribution >= 0.6 is 0 Å². The van der Waals surface area contributed by atoms with E-state index in [0.717, 1.165) is 33.3 Å². The normalized spacial score (nSPS) is 11.4. The van der Waals surface area contributed by atoms with Gasteiger partial charge in [0.15, 0.2) is 0 Å². The maximum absolute atomic E-state index is 7.74. The molecule has 0 amide bonds. The third kappa shape index (κ3) is 1.25. The minimum absolute atomic E-state index is 0.480. The maximum atomic E-state index is 7.74. The molecule has 0 aliphatic rings. The highest BCUT2D eigenvalue weighted by molar-refractivity contribution is 6.05. The number of rotatable bonds is 0. The van der Waals surface area contributed by atoms with E-state index in [1.807, 2.05) is 32.0 Å². The van der Waals surface area contributed by atoms with Crippen LogP contribution in [0.2, 0.25) is 0 Å². The highest BCUT2D eigenvalue weighted by Gasteiger charge is 2.06. The van der Waals surface area contributed by atoms with E-state index < -0.39 is 0 Å². The van der Waals surface area contributed by atoms with Crippen LogP contribution in [-0.2, 0) is 0 Å². The molecule has 2 aromatic heterocycles. The highest BCUT2D eigenvalue weighted by atomic mass is 16.3. The molecule has 0 fully saturated rings. The lowest BCUT2D eigenvalue weighted by molar-refractivity contribution is 0.567. The molecular weight excluding hydrogens is 200 g/mol. The Kier molecular flexibility index (Phi) is 1.72. The predicted molar refractivity (Wildman–Crippen MR) is 63.4 cm³/mol. The number of H-pyrrole nitrogens is 1. The summed E-state index contributed by atoms with van der Waals surface area (Å²) in [5, 5.41) is 10.3. The molecule has 3 heteroatoms. The van der Waals surface area contributed by atoms with Gasteiger partial charge in [0.05, 0.1) is 10.9 Å². The number of aromatic nitrogens is 1. The summed E-state index contributed by atoms with van der Waals surface area (Å²) < 4.78 is 5.65. The van der Waals surface area contributed by atoms with Crippen LogP contribution < -0.4 is 5.36 Å². The van der Waals surface area contributed by atoms with Crippen molar-refractivity contribution in [2.24, 2.45) is 0 Å². The Morgan fingerprint density at radius 3 is 2.75 bits per heavy atom. The second kappa shape index (κ2) is 2.98. The molecular formula is C13H12N2O. The van der Waals surface area contributed by atoms with Gasteiger partial charge in [-0.15, -0.1) is 0 Å². The fraction of sp³-hybridized carbons (Fsp3) is 0.154. The molecule has 1 aromatic carbocycles. The van der Waals surface area contributed by atoms with Gasteiger partial charge in [-0.3, -0.25) is 0 Å². The zero-order chi connectivity index (χ0) is 11.3. The topological polar surface area (TPSA) is 52.8 Å². The molecule has 0 aliphatic carbocycles. The lowest BCUT2D eigenvalue weighted by Crippen LogP contribution is -1.98. The number of benzene rings is 1. The summed E-state index contributed by atoms with van der Waals surface area (Å²) in [6.07, 6.45) is 0. The molecule has 0 spiro atoms. The average Bonchev–Trinajstić information content (AvgIpc) is 2.14. The van der Waals surface area contributed by atoms with E-state index in [2.05, 4.69) is 4.98 Å². The van der Waals surface area contributed by atoms with Gasteiger partial charge in [0.1, 0.15) is 11.3 Å². The van der Waals surface area contributed by atoms with Crippen LogP contribution in [0.15, 0.2) is 28.7 Å². The van der Waals surface area contributed by atoms with Crippen molar-refractivity contribution in [1.29, 1.82) is 5.41 Å². The molecule has 0 bridgehead atoms. The van der Waals surface area contributed by atoms with Crippen LogP contribution in [0.5, 0.6) is 0 Å². The fourth-order valence-corrected chi connectivity index (χ4v) is 2.18. The zero-order valence-electron chi connectivity index (χ0n) is 9.22. The first-order valence-corrected chi connectivity index (χ1v) is 5.22. The standard InChI is InChI=1S/C13H12N2O/c1-7-3-9-5-10(14)6-12-13(9)11(15-7)4-8(2)16-12/h3-6,14-15H,1-2H3. The fourth-order valence-electron chi connectivity index (χ4n) is 2.18. The van der Waals surface area contributed by atoms with E-state index in [9.17, 15) is 0 Å². The predicted octanol–water partition coefficient (Wildman–Crippen LogP) is 3.01. The second-order valence-corrected chi connectivity index (χ2v) is 4.16. The van der Waals surface area contributed by atoms with Gasteiger partial charge in [0.25, 0.3) is 0 Å². The molecule has 0 radical (unpaired) electrons. The Morgan fingerprint density at radius 1 is 1.12 bits per heavy atom. The van der Waals surface area contributed by atoms with Crippen molar-refractivity contribution in [3.8, 4) is 0 Å². The Labute approximate surface area is 92.2 Å². The van der Waals surface area contributed by atoms with Gasteiger partial charge in [-0.2, -0.15) is 0 Å². The van der Waals surface area contributed by atoms with Crippen molar-refractivity contribution in [1.82, 2.24) is 4.98 Å². The first kappa shape index (κ1) is 9.21. The smallest absolute Gasteiger partial charge is 0.138 e. The van der Waals surface area contributed by atoms with Crippen LogP contribution in [-0.4, -0.2) is 4.98 Å². The first-order chi connectivity index (χ1) is 7.63. The third-order valence-electron chi connectivity index (χ3n) is 2.72. The van der Waals surface area contributed by atoms with Crippen LogP contribution in [0.1, 0.15) is 11.5 Å². The van der Waals surface area contributed by atoms with Gasteiger partial charge in [0.2, 0.25) is 0 Å². The lowest BCUT2D eigenvalue weighted by Gasteiger charge is -2.07. The quantitative estimate of drug-likeness (QED) is 0.591. The number of aryl methyl sites for hydroxylation is 2. The Morgan fingerprint density at radius 2 is 1.94 bits per heavy atom. The van der Waals surface area contributed by atoms with Crippen LogP contribution in [0, 0.1) is 19.3 Å². The average molecular weight is 212 g/mol. The van der Waals surface area contributed by atoms with E-state index in [4.69, 9.17) is 9.83 Å². The Balaban J connectivity index is 2.69. The molecule has 3 rings (SSSR count). The van der Waals surface area contributed by atoms with E-state index in [1.54, 1.807) is 6.07 Å². The number of nitrogens with one attached hydrogen (secondary N) is 2. The van der Waals surface area contributed by atoms with Crippen LogP contribution in [0.25, 0.3) is 21.9 Å². The van der Waals surface area contributed by atoms with Gasteiger partial charge in [0, 0.05) is 23.2 Å². The maximum Gasteiger partial charge on any atom is 0.138 e. The van der Waals surface area contributed by atoms with Gasteiger partial charge >= 0.3 is 0 Å². The molecule has 0 unspecified atom stereocenters. The molecule has 0 saturated carbocycles. The summed E-state index contributed by atoms with van der Waals surface area (Å²) in [6, 6.07) is 7.65. The zero-order valence-corrected chi connectivity index (χ0v) is 9.22. The highest BCUT2D eigenvalue weighted by Crippen LogP contribution is 2.25. The van der Waals surface area contributed by atoms with E-state index in [-0.39, 0.29) is 0 Å². The van der Waals surface area contributed by atoms with E-state index in [0.29, 0.717) is 5.36 Å². The van der Waals surface area contributed by atoms with Gasteiger partial charge in [-0.1, -0.05) is 0 Å². The summed E-state index contributed by atoms with van der Waals surface area (Å²) in [5.41, 5.74) is 2.92. The van der Waals surface area contributed by atoms with Crippen molar-refractivity contribution >= 4 is 21.9 Å². The van der Waals surface area contributed by atoms with Crippen molar-refractivity contribution in [2.45, 2.75) is 13.8 Å². The largest absolute Gasteiger partial charge is 0.461 e. The van der Waals surface area contributed by atoms with Gasteiger partial charge in [-0.25, -0.2) is 0 Å². The minimum atomic E-state index is 0.480. The molecule has 3 nitrogen and oxygen atoms in total. The third-order valence-corrected chi connectivity index (χ3v) is 2.72. The summed E-state index contributed by atoms with van der Waals surface area (Å²) in [6.45, 7) is 3.94. The van der Waals surface area contributed by atoms with Crippen molar-refractivity contribution in [3.63, 3.8) is 0 Å². The second-order valence-electron chi connectivity index (χ2n) is 4.16. The SMILES string of the molecule is Cc1cc2cc(=N)cc3oc(C)cc([nH]1)c23. The summed E-state index contributed by atoms with van der Waals surface area (Å²) in [4.78, 5) is 3.32. The molecule has 0 atom stereocenters. The monoisotopic (exact) mass is 212 g/mol. The van der Waals surface area contributed by atoms with Crippen LogP contribution in [0.4, 0.5) is 0 Å². The first-order valence-electron chi connectivity index (χ1n) is 5.22. The summed E-state index contributed by atoms with van der Waals surface area (Å²) in [5.74, 6) is 0.848. The molecule has 16 heavy (non-hydrogen) atoms. The minimum Gasteiger partial charge on any atom is -0.461 e. The molecule has 3 aromatic rings. The molecule has 2 heterocycles. The Hall–Kier alpha value is -2.03. The Bertz CT molecular complexity index is 692. The number of aromatic amines is 1. The summed E-state index contributed by atoms with van der Waals surface area (Å²) >= 11 is 0. The van der Waals surface area contributed by atoms with Crippen molar-refractivity contribution in [3.05, 3.63) is 41.1 Å². The van der Waals surface area contributed by atoms with Crippen molar-refractivity contribution < 1.29 is 4.42 Å². The molecule has 80 valence electrons. The van der Waals surface area contributed by atoms with Gasteiger partial charge < -0.3 is 14.8 Å². The van der Waals surface area contributed by atoms with Gasteiger partial charge in [-0.05, 0) is 31.4 Å². The lowest BCUT2D eigenvalue weighted by atomic mass is 10.1. The molecule has 2 N–H and O–H groups in total. The van der Waals surface area contributed by atoms with Crippen molar-refractivity contribution in [2.75, 3.05) is 0 Å². The molecule has 0 saturated heterocycles. The number of pyridine rings is 1.